The predicted molar refractivity (Wildman–Crippen MR) is 97.0 cm³/mol. The third-order valence-corrected chi connectivity index (χ3v) is 5.30. The maximum Gasteiger partial charge on any atom is 0.317 e. The van der Waals surface area contributed by atoms with Gasteiger partial charge >= 0.3 is 6.03 Å². The first-order valence-electron chi connectivity index (χ1n) is 8.31. The lowest BCUT2D eigenvalue weighted by Crippen LogP contribution is -2.46. The monoisotopic (exact) mass is 344 g/mol. The van der Waals surface area contributed by atoms with Crippen molar-refractivity contribution in [3.05, 3.63) is 52.0 Å². The van der Waals surface area contributed by atoms with Gasteiger partial charge in [0.05, 0.1) is 6.54 Å². The van der Waals surface area contributed by atoms with Gasteiger partial charge in [-0.2, -0.15) is 0 Å². The number of urea groups is 1. The van der Waals surface area contributed by atoms with E-state index in [1.807, 2.05) is 5.38 Å². The minimum absolute atomic E-state index is 0.0468. The quantitative estimate of drug-likeness (QED) is 0.907. The summed E-state index contributed by atoms with van der Waals surface area (Å²) >= 11 is 1.57. The number of carbonyl (C=O) groups excluding carboxylic acids is 1. The molecule has 24 heavy (non-hydrogen) atoms. The normalized spacial score (nSPS) is 15.6. The van der Waals surface area contributed by atoms with Crippen LogP contribution in [0, 0.1) is 0 Å². The molecule has 1 atom stereocenters. The van der Waals surface area contributed by atoms with Gasteiger partial charge in [0.25, 0.3) is 0 Å². The van der Waals surface area contributed by atoms with Gasteiger partial charge in [0, 0.05) is 44.3 Å². The Hall–Kier alpha value is -1.92. The number of aromatic nitrogens is 1. The van der Waals surface area contributed by atoms with Gasteiger partial charge in [-0.15, -0.1) is 11.3 Å². The van der Waals surface area contributed by atoms with E-state index >= 15 is 0 Å². The molecule has 1 aliphatic heterocycles. The van der Waals surface area contributed by atoms with E-state index in [0.717, 1.165) is 24.5 Å². The predicted octanol–water partition coefficient (Wildman–Crippen LogP) is 2.73. The molecule has 0 bridgehead atoms. The van der Waals surface area contributed by atoms with Gasteiger partial charge in [0.15, 0.2) is 0 Å². The maximum atomic E-state index is 12.2. The summed E-state index contributed by atoms with van der Waals surface area (Å²) in [4.78, 5) is 20.6. The lowest BCUT2D eigenvalue weighted by atomic mass is 9.99. The van der Waals surface area contributed by atoms with Crippen LogP contribution in [0.15, 0.2) is 35.8 Å². The van der Waals surface area contributed by atoms with E-state index in [2.05, 4.69) is 46.4 Å². The van der Waals surface area contributed by atoms with Crippen molar-refractivity contribution < 1.29 is 4.79 Å². The molecule has 0 spiro atoms. The average Bonchev–Trinajstić information content (AvgIpc) is 3.11. The Morgan fingerprint density at radius 2 is 2.21 bits per heavy atom. The molecule has 0 fully saturated rings. The molecule has 1 aliphatic rings. The van der Waals surface area contributed by atoms with Crippen LogP contribution in [0.2, 0.25) is 0 Å². The van der Waals surface area contributed by atoms with Crippen molar-refractivity contribution in [1.82, 2.24) is 20.1 Å². The topological polar surface area (TPSA) is 48.5 Å². The van der Waals surface area contributed by atoms with E-state index in [1.54, 1.807) is 29.5 Å². The first-order chi connectivity index (χ1) is 11.6. The van der Waals surface area contributed by atoms with Gasteiger partial charge in [-0.3, -0.25) is 4.90 Å². The van der Waals surface area contributed by atoms with E-state index < -0.39 is 0 Å². The van der Waals surface area contributed by atoms with Crippen LogP contribution < -0.4 is 5.32 Å². The fourth-order valence-corrected chi connectivity index (χ4v) is 3.67. The summed E-state index contributed by atoms with van der Waals surface area (Å²) < 4.78 is 0. The molecule has 2 amide bonds. The number of nitrogens with one attached hydrogen (secondary N) is 1. The number of fused-ring (bicyclic) bond motifs is 1. The Balaban J connectivity index is 1.47. The molecule has 1 N–H and O–H groups in total. The van der Waals surface area contributed by atoms with Crippen molar-refractivity contribution in [2.75, 3.05) is 20.1 Å². The summed E-state index contributed by atoms with van der Waals surface area (Å²) in [5.41, 5.74) is 2.86. The smallest absolute Gasteiger partial charge is 0.317 e. The molecule has 2 heterocycles. The van der Waals surface area contributed by atoms with Crippen LogP contribution in [0.4, 0.5) is 4.79 Å². The molecule has 128 valence electrons. The highest BCUT2D eigenvalue weighted by atomic mass is 32.1. The molecule has 0 aliphatic carbocycles. The van der Waals surface area contributed by atoms with Crippen molar-refractivity contribution in [3.63, 3.8) is 0 Å². The minimum atomic E-state index is -0.0468. The van der Waals surface area contributed by atoms with Crippen molar-refractivity contribution in [1.29, 1.82) is 0 Å². The van der Waals surface area contributed by atoms with Crippen molar-refractivity contribution >= 4 is 17.4 Å². The molecule has 5 nitrogen and oxygen atoms in total. The van der Waals surface area contributed by atoms with E-state index in [4.69, 9.17) is 0 Å². The van der Waals surface area contributed by atoms with Crippen molar-refractivity contribution in [3.8, 4) is 0 Å². The SMILES string of the molecule is CC(CNC(=O)N(C)Cc1nccs1)N1CCc2ccccc2C1. The number of nitrogens with zero attached hydrogens (tertiary/aromatic N) is 3. The second-order valence-corrected chi connectivity index (χ2v) is 7.29. The summed E-state index contributed by atoms with van der Waals surface area (Å²) in [5, 5.41) is 5.92. The highest BCUT2D eigenvalue weighted by Crippen LogP contribution is 2.20. The highest BCUT2D eigenvalue weighted by molar-refractivity contribution is 7.09. The largest absolute Gasteiger partial charge is 0.336 e. The van der Waals surface area contributed by atoms with Gasteiger partial charge in [-0.05, 0) is 24.5 Å². The van der Waals surface area contributed by atoms with Crippen LogP contribution in [0.1, 0.15) is 23.1 Å². The molecule has 0 saturated heterocycles. The first kappa shape index (κ1) is 16.9. The summed E-state index contributed by atoms with van der Waals surface area (Å²) in [6, 6.07) is 8.89. The van der Waals surface area contributed by atoms with Crippen LogP contribution in [-0.2, 0) is 19.5 Å². The fourth-order valence-electron chi connectivity index (χ4n) is 3.00. The van der Waals surface area contributed by atoms with Gasteiger partial charge in [-0.25, -0.2) is 9.78 Å². The molecule has 1 unspecified atom stereocenters. The number of hydrogen-bond acceptors (Lipinski definition) is 4. The average molecular weight is 344 g/mol. The third-order valence-electron chi connectivity index (χ3n) is 4.53. The standard InChI is InChI=1S/C18H24N4OS/c1-14(22-9-7-15-5-3-4-6-16(15)12-22)11-20-18(23)21(2)13-17-19-8-10-24-17/h3-6,8,10,14H,7,9,11-13H2,1-2H3,(H,20,23). The summed E-state index contributed by atoms with van der Waals surface area (Å²) in [7, 11) is 1.80. The zero-order chi connectivity index (χ0) is 16.9. The molecule has 0 saturated carbocycles. The van der Waals surface area contributed by atoms with Crippen LogP contribution >= 0.6 is 11.3 Å². The molecule has 0 radical (unpaired) electrons. The molecule has 3 rings (SSSR count). The Kier molecular flexibility index (Phi) is 5.48. The Bertz CT molecular complexity index is 673. The molecule has 1 aromatic heterocycles. The summed E-state index contributed by atoms with van der Waals surface area (Å²) in [5.74, 6) is 0. The number of carbonyl (C=O) groups is 1. The second kappa shape index (κ2) is 7.77. The zero-order valence-electron chi connectivity index (χ0n) is 14.2. The van der Waals surface area contributed by atoms with Crippen LogP contribution in [-0.4, -0.2) is 47.0 Å². The Morgan fingerprint density at radius 1 is 1.42 bits per heavy atom. The molecular formula is C18H24N4OS. The number of thiazole rings is 1. The van der Waals surface area contributed by atoms with Crippen LogP contribution in [0.5, 0.6) is 0 Å². The first-order valence-corrected chi connectivity index (χ1v) is 9.19. The second-order valence-electron chi connectivity index (χ2n) is 6.31. The fraction of sp³-hybridized carbons (Fsp3) is 0.444. The van der Waals surface area contributed by atoms with E-state index in [1.165, 1.54) is 11.1 Å². The Labute approximate surface area is 147 Å². The van der Waals surface area contributed by atoms with Crippen LogP contribution in [0.3, 0.4) is 0 Å². The maximum absolute atomic E-state index is 12.2. The van der Waals surface area contributed by atoms with E-state index in [9.17, 15) is 4.79 Å². The van der Waals surface area contributed by atoms with Gasteiger partial charge in [0.2, 0.25) is 0 Å². The molecule has 2 aromatic rings. The van der Waals surface area contributed by atoms with Gasteiger partial charge in [-0.1, -0.05) is 24.3 Å². The highest BCUT2D eigenvalue weighted by Gasteiger charge is 2.21. The molecule has 6 heteroatoms. The zero-order valence-corrected chi connectivity index (χ0v) is 15.1. The van der Waals surface area contributed by atoms with E-state index in [0.29, 0.717) is 19.1 Å². The number of hydrogen-bond donors (Lipinski definition) is 1. The van der Waals surface area contributed by atoms with Crippen LogP contribution in [0.25, 0.3) is 0 Å². The summed E-state index contributed by atoms with van der Waals surface area (Å²) in [6.45, 7) is 5.39. The number of benzene rings is 1. The van der Waals surface area contributed by atoms with E-state index in [-0.39, 0.29) is 6.03 Å². The molecular weight excluding hydrogens is 320 g/mol. The van der Waals surface area contributed by atoms with Gasteiger partial charge < -0.3 is 10.2 Å². The number of amides is 2. The van der Waals surface area contributed by atoms with Crippen molar-refractivity contribution in [2.24, 2.45) is 0 Å². The van der Waals surface area contributed by atoms with Crippen molar-refractivity contribution in [2.45, 2.75) is 32.5 Å². The molecule has 1 aromatic carbocycles. The lowest BCUT2D eigenvalue weighted by molar-refractivity contribution is 0.176. The summed E-state index contributed by atoms with van der Waals surface area (Å²) in [6.07, 6.45) is 2.85. The van der Waals surface area contributed by atoms with Gasteiger partial charge in [0.1, 0.15) is 5.01 Å². The Morgan fingerprint density at radius 3 is 2.96 bits per heavy atom. The third kappa shape index (κ3) is 4.13. The minimum Gasteiger partial charge on any atom is -0.336 e. The number of rotatable bonds is 5. The lowest BCUT2D eigenvalue weighted by Gasteiger charge is -2.34.